The summed E-state index contributed by atoms with van der Waals surface area (Å²) in [5.41, 5.74) is 4.94. The molecular weight excluding hydrogens is 434 g/mol. The summed E-state index contributed by atoms with van der Waals surface area (Å²) in [4.78, 5) is 29.7. The molecule has 0 aliphatic rings. The van der Waals surface area contributed by atoms with E-state index in [4.69, 9.17) is 11.6 Å². The van der Waals surface area contributed by atoms with Crippen molar-refractivity contribution in [3.8, 4) is 5.69 Å². The molecule has 5 aromatic rings. The molecule has 2 aromatic carbocycles. The molecule has 0 spiro atoms. The number of thiazole rings is 1. The maximum atomic E-state index is 13.1. The summed E-state index contributed by atoms with van der Waals surface area (Å²) >= 11 is 7.37. The Balaban J connectivity index is 1.68. The lowest BCUT2D eigenvalue weighted by Gasteiger charge is -2.11. The second-order valence-electron chi connectivity index (χ2n) is 7.27. The summed E-state index contributed by atoms with van der Waals surface area (Å²) in [6.07, 6.45) is 1.86. The number of carbonyl (C=O) groups is 1. The largest absolute Gasteiger partial charge is 0.478 e. The number of para-hydroxylation sites is 2. The van der Waals surface area contributed by atoms with Gasteiger partial charge in [-0.1, -0.05) is 35.1 Å². The van der Waals surface area contributed by atoms with Crippen LogP contribution in [0.25, 0.3) is 27.8 Å². The van der Waals surface area contributed by atoms with E-state index >= 15 is 0 Å². The second-order valence-corrected chi connectivity index (χ2v) is 8.68. The number of halogens is 1. The van der Waals surface area contributed by atoms with Crippen LogP contribution < -0.4 is 10.1 Å². The molecule has 0 bridgehead atoms. The molecule has 0 atom stereocenters. The number of aryl methyl sites for hydroxylation is 1. The molecule has 154 valence electrons. The van der Waals surface area contributed by atoms with Crippen LogP contribution in [0.3, 0.4) is 0 Å². The summed E-state index contributed by atoms with van der Waals surface area (Å²) in [6.45, 7) is 3.87. The Bertz CT molecular complexity index is 1630. The van der Waals surface area contributed by atoms with Crippen LogP contribution in [-0.4, -0.2) is 25.0 Å². The molecule has 0 aliphatic heterocycles. The van der Waals surface area contributed by atoms with Gasteiger partial charge in [-0.3, -0.25) is 4.79 Å². The van der Waals surface area contributed by atoms with Crippen LogP contribution in [0.2, 0.25) is 5.02 Å². The van der Waals surface area contributed by atoms with Crippen LogP contribution >= 0.6 is 22.9 Å². The highest BCUT2D eigenvalue weighted by Crippen LogP contribution is 2.25. The molecule has 0 amide bonds. The average Bonchev–Trinajstić information content (AvgIpc) is 3.34. The number of imidazole rings is 1. The van der Waals surface area contributed by atoms with Gasteiger partial charge in [0.05, 0.1) is 26.2 Å². The lowest BCUT2D eigenvalue weighted by atomic mass is 10.2. The number of fused-ring (bicyclic) bond motifs is 3. The number of rotatable bonds is 3. The van der Waals surface area contributed by atoms with Crippen LogP contribution in [0.1, 0.15) is 27.3 Å². The zero-order valence-electron chi connectivity index (χ0n) is 16.6. The van der Waals surface area contributed by atoms with Crippen molar-refractivity contribution in [2.24, 2.45) is 0 Å². The average molecular weight is 450 g/mol. The smallest absolute Gasteiger partial charge is 0.337 e. The van der Waals surface area contributed by atoms with Gasteiger partial charge in [0.25, 0.3) is 5.56 Å². The minimum absolute atomic E-state index is 0.0467. The lowest BCUT2D eigenvalue weighted by Crippen LogP contribution is -2.22. The maximum absolute atomic E-state index is 13.1. The van der Waals surface area contributed by atoms with Crippen LogP contribution in [-0.2, 0) is 0 Å². The molecule has 0 fully saturated rings. The molecule has 0 radical (unpaired) electrons. The Kier molecular flexibility index (Phi) is 4.46. The Labute approximate surface area is 185 Å². The van der Waals surface area contributed by atoms with Crippen LogP contribution in [0.4, 0.5) is 0 Å². The van der Waals surface area contributed by atoms with Crippen LogP contribution in [0.15, 0.2) is 53.3 Å². The molecular formula is C23H16ClN3O3S. The van der Waals surface area contributed by atoms with Crippen molar-refractivity contribution in [2.75, 3.05) is 0 Å². The molecule has 0 saturated heterocycles. The van der Waals surface area contributed by atoms with Crippen molar-refractivity contribution in [1.29, 1.82) is 0 Å². The van der Waals surface area contributed by atoms with Crippen molar-refractivity contribution in [3.63, 3.8) is 0 Å². The number of hydrogen-bond acceptors (Lipinski definition) is 4. The van der Waals surface area contributed by atoms with Crippen molar-refractivity contribution in [3.05, 3.63) is 91.0 Å². The van der Waals surface area contributed by atoms with Crippen molar-refractivity contribution in [2.45, 2.75) is 13.8 Å². The first-order chi connectivity index (χ1) is 14.8. The Morgan fingerprint density at radius 1 is 1.16 bits per heavy atom. The lowest BCUT2D eigenvalue weighted by molar-refractivity contribution is 0.0697. The Morgan fingerprint density at radius 2 is 1.94 bits per heavy atom. The third-order valence-corrected chi connectivity index (χ3v) is 6.64. The predicted molar refractivity (Wildman–Crippen MR) is 123 cm³/mol. The molecule has 3 heterocycles. The van der Waals surface area contributed by atoms with Gasteiger partial charge in [0.2, 0.25) is 0 Å². The van der Waals surface area contributed by atoms with E-state index in [0.717, 1.165) is 28.0 Å². The van der Waals surface area contributed by atoms with Gasteiger partial charge in [0, 0.05) is 17.1 Å². The van der Waals surface area contributed by atoms with E-state index in [1.165, 1.54) is 11.3 Å². The fraction of sp³-hybridized carbons (Fsp3) is 0.0870. The Morgan fingerprint density at radius 3 is 2.71 bits per heavy atom. The molecule has 5 rings (SSSR count). The molecule has 3 aromatic heterocycles. The van der Waals surface area contributed by atoms with Gasteiger partial charge in [0.1, 0.15) is 0 Å². The monoisotopic (exact) mass is 449 g/mol. The van der Waals surface area contributed by atoms with E-state index in [2.05, 4.69) is 4.98 Å². The molecule has 0 aliphatic carbocycles. The van der Waals surface area contributed by atoms with E-state index in [0.29, 0.717) is 15.2 Å². The highest BCUT2D eigenvalue weighted by atomic mass is 35.5. The van der Waals surface area contributed by atoms with Gasteiger partial charge < -0.3 is 9.67 Å². The first-order valence-corrected chi connectivity index (χ1v) is 10.7. The maximum Gasteiger partial charge on any atom is 0.337 e. The van der Waals surface area contributed by atoms with Crippen molar-refractivity contribution >= 4 is 51.0 Å². The normalized spacial score (nSPS) is 12.3. The molecule has 0 unspecified atom stereocenters. The molecule has 31 heavy (non-hydrogen) atoms. The second kappa shape index (κ2) is 7.08. The standard InChI is InChI=1S/C23H16ClN3O3S/c1-12-9-14(13(2)26(12)15-7-8-17(24)16(11-15)22(29)30)10-20-21(28)27-19-6-4-3-5-18(19)25-23(27)31-20/h3-11H,1-2H3,(H,29,30)/b20-10-. The fourth-order valence-electron chi connectivity index (χ4n) is 3.90. The minimum Gasteiger partial charge on any atom is -0.478 e. The first-order valence-electron chi connectivity index (χ1n) is 9.49. The Hall–Kier alpha value is -3.42. The van der Waals surface area contributed by atoms with E-state index in [-0.39, 0.29) is 16.1 Å². The molecule has 1 N–H and O–H groups in total. The topological polar surface area (TPSA) is 76.6 Å². The number of nitrogens with zero attached hydrogens (tertiary/aromatic N) is 3. The van der Waals surface area contributed by atoms with Crippen molar-refractivity contribution in [1.82, 2.24) is 14.0 Å². The van der Waals surface area contributed by atoms with Gasteiger partial charge >= 0.3 is 5.97 Å². The SMILES string of the molecule is Cc1cc(/C=c2\sc3nc4ccccc4n3c2=O)c(C)n1-c1ccc(Cl)c(C(=O)O)c1. The minimum atomic E-state index is -1.08. The number of hydrogen-bond donors (Lipinski definition) is 1. The summed E-state index contributed by atoms with van der Waals surface area (Å²) in [7, 11) is 0. The third kappa shape index (κ3) is 3.05. The number of carboxylic acid groups (broad SMARTS) is 1. The van der Waals surface area contributed by atoms with Crippen LogP contribution in [0.5, 0.6) is 0 Å². The van der Waals surface area contributed by atoms with E-state index in [1.54, 1.807) is 22.6 Å². The zero-order chi connectivity index (χ0) is 21.9. The number of aromatic nitrogens is 3. The highest BCUT2D eigenvalue weighted by molar-refractivity contribution is 7.15. The van der Waals surface area contributed by atoms with Crippen LogP contribution in [0, 0.1) is 13.8 Å². The van der Waals surface area contributed by atoms with Gasteiger partial charge in [-0.25, -0.2) is 14.2 Å². The number of benzene rings is 2. The first kappa shape index (κ1) is 19.5. The third-order valence-electron chi connectivity index (χ3n) is 5.34. The summed E-state index contributed by atoms with van der Waals surface area (Å²) in [5, 5.41) is 9.58. The van der Waals surface area contributed by atoms with Gasteiger partial charge in [-0.2, -0.15) is 0 Å². The predicted octanol–water partition coefficient (Wildman–Crippen LogP) is 4.22. The van der Waals surface area contributed by atoms with E-state index < -0.39 is 5.97 Å². The molecule has 8 heteroatoms. The molecule has 0 saturated carbocycles. The highest BCUT2D eigenvalue weighted by Gasteiger charge is 2.15. The zero-order valence-corrected chi connectivity index (χ0v) is 18.2. The fourth-order valence-corrected chi connectivity index (χ4v) is 5.08. The van der Waals surface area contributed by atoms with Crippen molar-refractivity contribution < 1.29 is 9.90 Å². The summed E-state index contributed by atoms with van der Waals surface area (Å²) in [5.74, 6) is -1.08. The number of aromatic carboxylic acids is 1. The van der Waals surface area contributed by atoms with E-state index in [1.807, 2.05) is 54.8 Å². The van der Waals surface area contributed by atoms with Gasteiger partial charge in [-0.05, 0) is 61.9 Å². The summed E-state index contributed by atoms with van der Waals surface area (Å²) in [6, 6.07) is 14.5. The molecule has 6 nitrogen and oxygen atoms in total. The summed E-state index contributed by atoms with van der Waals surface area (Å²) < 4.78 is 4.19. The van der Waals surface area contributed by atoms with E-state index in [9.17, 15) is 14.7 Å². The van der Waals surface area contributed by atoms with Gasteiger partial charge in [-0.15, -0.1) is 0 Å². The number of carboxylic acids is 1. The quantitative estimate of drug-likeness (QED) is 0.447. The van der Waals surface area contributed by atoms with Gasteiger partial charge in [0.15, 0.2) is 4.96 Å².